The van der Waals surface area contributed by atoms with Gasteiger partial charge >= 0.3 is 60.3 Å². The van der Waals surface area contributed by atoms with E-state index in [2.05, 4.69) is 236 Å². The molecule has 122 heavy (non-hydrogen) atoms. The van der Waals surface area contributed by atoms with E-state index >= 15 is 0 Å². The minimum Gasteiger partial charge on any atom is -0.510 e. The summed E-state index contributed by atoms with van der Waals surface area (Å²) >= 11 is 0. The van der Waals surface area contributed by atoms with Crippen molar-refractivity contribution in [2.75, 3.05) is 35.8 Å². The van der Waals surface area contributed by atoms with Crippen LogP contribution in [0.15, 0.2) is 305 Å². The second-order valence-corrected chi connectivity index (χ2v) is 30.2. The third kappa shape index (κ3) is 15.7. The van der Waals surface area contributed by atoms with Crippen molar-refractivity contribution in [2.45, 2.75) is 41.5 Å². The molecule has 0 unspecified atom stereocenters. The Hall–Kier alpha value is -13.0. The summed E-state index contributed by atoms with van der Waals surface area (Å²) in [6.45, 7) is 18.9. The summed E-state index contributed by atoms with van der Waals surface area (Å²) < 4.78 is 6.48. The number of hydrogen-bond donors (Lipinski definition) is 0. The predicted molar refractivity (Wildman–Crippen MR) is 487 cm³/mol. The SMILES string of the molecule is CN1C=CN(c2[c-]cccc2)[CH-]1.CN1C=CN(c2[c-]cccc2)[CH-]1.CN1C=CN(c2[c-]cccc2)[CH-]1.Cc1cccc(C)c1-c1cn2c(n1)c1[c-]ccc3ccc4ccnc2c4c31.Cc1cccc(C)c1-c1cn2c3cnc4ccccc4c3c3ccc[c-]c3c2n1.Cc1cccc(C)c1-c1cn2c3cncc4ccc5cc[c-]c(c5c43)c2n1.[Ir+3].[Ir+3].[Ir+3]. The van der Waals surface area contributed by atoms with Crippen LogP contribution in [-0.4, -0.2) is 78.9 Å². The summed E-state index contributed by atoms with van der Waals surface area (Å²) in [4.78, 5) is 41.2. The Kier molecular flexibility index (Phi) is 24.0. The number of nitrogens with zero attached hydrogens (tertiary/aromatic N) is 15. The van der Waals surface area contributed by atoms with Gasteiger partial charge in [0.2, 0.25) is 0 Å². The van der Waals surface area contributed by atoms with Crippen LogP contribution in [0.5, 0.6) is 0 Å². The van der Waals surface area contributed by atoms with Crippen LogP contribution in [-0.2, 0) is 60.3 Å². The van der Waals surface area contributed by atoms with E-state index in [1.54, 1.807) is 0 Å². The van der Waals surface area contributed by atoms with E-state index in [9.17, 15) is 0 Å². The van der Waals surface area contributed by atoms with E-state index in [1.165, 1.54) is 93.2 Å². The van der Waals surface area contributed by atoms with Crippen molar-refractivity contribution in [1.29, 1.82) is 0 Å². The third-order valence-corrected chi connectivity index (χ3v) is 22.2. The van der Waals surface area contributed by atoms with Crippen LogP contribution in [0, 0.1) is 97.9 Å². The van der Waals surface area contributed by atoms with Crippen LogP contribution < -0.4 is 14.7 Å². The molecule has 24 rings (SSSR count). The van der Waals surface area contributed by atoms with Crippen molar-refractivity contribution in [2.24, 2.45) is 0 Å². The number of anilines is 3. The van der Waals surface area contributed by atoms with Gasteiger partial charge in [-0.25, -0.2) is 4.98 Å². The Morgan fingerprint density at radius 3 is 1.16 bits per heavy atom. The second kappa shape index (κ2) is 35.4. The molecule has 21 aromatic rings. The van der Waals surface area contributed by atoms with Gasteiger partial charge in [-0.1, -0.05) is 124 Å². The van der Waals surface area contributed by atoms with Gasteiger partial charge in [-0.15, -0.1) is 93.9 Å². The van der Waals surface area contributed by atoms with Crippen LogP contribution in [0.2, 0.25) is 0 Å². The predicted octanol–water partition coefficient (Wildman–Crippen LogP) is 23.2. The first kappa shape index (κ1) is 82.7. The minimum absolute atomic E-state index is 0. The molecule has 0 spiro atoms. The number of aromatic nitrogens is 9. The topological polar surface area (TPSA) is 110 Å². The maximum atomic E-state index is 5.07. The van der Waals surface area contributed by atoms with E-state index in [4.69, 9.17) is 24.9 Å². The standard InChI is InChI=1S/C26H18N3.2C24H16N3.3C10H10N2.3Ir/c1-16-8-7-9-17(2)24(16)22-15-29-23-14-27-21-13-6-5-12-20(21)25(23)18-10-3-4-11-19(18)26(29)28-22;1-14-5-3-6-15(2)21(14)19-13-27-20-12-25-11-17-10-9-16-7-4-8-18(24(27)26-19)22(16)23(17)20;1-14-5-3-6-15(2)20(14)19-13-27-23(26-19)18-8-4-7-16-9-10-17-11-12-25-24(27)22(17)21(16)18;3*1-11-7-8-12(9-11)10-5-3-2-4-6-10;;;/h3-10,12-15H,1-2H3;2*3-7,9-13H,1-2H3;3*2-5,7-9H,1H3;;;/q3*-1;3*-2;3*+3. The van der Waals surface area contributed by atoms with E-state index in [0.29, 0.717) is 0 Å². The van der Waals surface area contributed by atoms with Crippen LogP contribution in [0.4, 0.5) is 17.1 Å². The van der Waals surface area contributed by atoms with Crippen LogP contribution in [0.1, 0.15) is 33.4 Å². The van der Waals surface area contributed by atoms with E-state index in [-0.39, 0.29) is 60.3 Å². The molecule has 0 radical (unpaired) electrons. The van der Waals surface area contributed by atoms with Crippen LogP contribution >= 0.6 is 0 Å². The van der Waals surface area contributed by atoms with Crippen LogP contribution in [0.25, 0.3) is 148 Å². The number of para-hydroxylation sites is 4. The number of imidazole rings is 3. The average Bonchev–Trinajstić information content (AvgIpc) is 1.48. The van der Waals surface area contributed by atoms with E-state index in [1.807, 2.05) is 236 Å². The smallest absolute Gasteiger partial charge is 0.510 e. The van der Waals surface area contributed by atoms with E-state index < -0.39 is 0 Å². The first-order chi connectivity index (χ1) is 58.2. The molecule has 598 valence electrons. The molecular formula is C104H80Ir3N15. The molecule has 0 fully saturated rings. The first-order valence-electron chi connectivity index (χ1n) is 39.6. The minimum atomic E-state index is 0. The molecule has 0 saturated carbocycles. The third-order valence-electron chi connectivity index (χ3n) is 22.2. The number of hydrogen-bond acceptors (Lipinski definition) is 12. The van der Waals surface area contributed by atoms with Gasteiger partial charge in [0, 0.05) is 59.3 Å². The Morgan fingerprint density at radius 2 is 0.697 bits per heavy atom. The van der Waals surface area contributed by atoms with Crippen molar-refractivity contribution in [3.8, 4) is 33.8 Å². The summed E-state index contributed by atoms with van der Waals surface area (Å²) in [6, 6.07) is 96.0. The molecule has 12 aromatic carbocycles. The fourth-order valence-electron chi connectivity index (χ4n) is 16.7. The molecule has 12 heterocycles. The number of rotatable bonds is 6. The summed E-state index contributed by atoms with van der Waals surface area (Å²) in [7, 11) is 6.00. The Morgan fingerprint density at radius 1 is 0.295 bits per heavy atom. The molecule has 3 aliphatic heterocycles. The zero-order valence-electron chi connectivity index (χ0n) is 68.3. The van der Waals surface area contributed by atoms with Crippen molar-refractivity contribution in [1.82, 2.24) is 57.8 Å². The van der Waals surface area contributed by atoms with Gasteiger partial charge in [-0.3, -0.25) is 24.9 Å². The maximum absolute atomic E-state index is 5.07. The maximum Gasteiger partial charge on any atom is 3.00 e. The summed E-state index contributed by atoms with van der Waals surface area (Å²) in [6.07, 6.45) is 26.1. The van der Waals surface area contributed by atoms with Crippen LogP contribution in [0.3, 0.4) is 0 Å². The summed E-state index contributed by atoms with van der Waals surface area (Å²) in [5, 5.41) is 16.2. The number of fused-ring (bicyclic) bond motifs is 14. The zero-order valence-corrected chi connectivity index (χ0v) is 75.5. The molecule has 3 aliphatic rings. The normalized spacial score (nSPS) is 12.8. The van der Waals surface area contributed by atoms with E-state index in [0.717, 1.165) is 106 Å². The molecule has 0 bridgehead atoms. The molecule has 0 saturated heterocycles. The van der Waals surface area contributed by atoms with Crippen molar-refractivity contribution < 1.29 is 60.3 Å². The molecule has 9 aromatic heterocycles. The molecular weight excluding hydrogens is 2040 g/mol. The number of pyridine rings is 6. The largest absolute Gasteiger partial charge is 3.00 e. The molecule has 0 amide bonds. The van der Waals surface area contributed by atoms with Crippen molar-refractivity contribution >= 4 is 132 Å². The Balaban J connectivity index is 0.000000112. The Bertz CT molecular complexity index is 6860. The van der Waals surface area contributed by atoms with Crippen molar-refractivity contribution in [3.63, 3.8) is 0 Å². The molecule has 0 atom stereocenters. The molecule has 15 nitrogen and oxygen atoms in total. The van der Waals surface area contributed by atoms with Crippen molar-refractivity contribution in [3.05, 3.63) is 395 Å². The quantitative estimate of drug-likeness (QED) is 0.117. The van der Waals surface area contributed by atoms with Gasteiger partial charge in [0.25, 0.3) is 0 Å². The summed E-state index contributed by atoms with van der Waals surface area (Å²) in [5.74, 6) is 0. The molecule has 18 heteroatoms. The van der Waals surface area contributed by atoms with Gasteiger partial charge in [0.1, 0.15) is 5.65 Å². The van der Waals surface area contributed by atoms with Gasteiger partial charge in [0.15, 0.2) is 0 Å². The molecule has 0 aliphatic carbocycles. The zero-order chi connectivity index (χ0) is 80.9. The average molecular weight is 2120 g/mol. The van der Waals surface area contributed by atoms with Gasteiger partial charge in [-0.2, -0.15) is 111 Å². The number of aryl methyl sites for hydroxylation is 6. The molecule has 0 N–H and O–H groups in total. The summed E-state index contributed by atoms with van der Waals surface area (Å²) in [5.41, 5.74) is 24.0. The second-order valence-electron chi connectivity index (χ2n) is 30.2. The monoisotopic (exact) mass is 2120 g/mol. The number of benzene rings is 12. The Labute approximate surface area is 749 Å². The first-order valence-corrected chi connectivity index (χ1v) is 39.6. The van der Waals surface area contributed by atoms with Gasteiger partial charge in [-0.05, 0) is 172 Å². The fourth-order valence-corrected chi connectivity index (χ4v) is 16.7. The van der Waals surface area contributed by atoms with Gasteiger partial charge in [0.05, 0.1) is 56.8 Å². The van der Waals surface area contributed by atoms with Gasteiger partial charge < -0.3 is 42.6 Å². The fraction of sp³-hybridized carbons (Fsp3) is 0.0865.